The molecule has 7 nitrogen and oxygen atoms in total. The van der Waals surface area contributed by atoms with E-state index in [9.17, 15) is 9.59 Å². The minimum absolute atomic E-state index is 0.209. The van der Waals surface area contributed by atoms with Gasteiger partial charge in [0, 0.05) is 10.3 Å². The summed E-state index contributed by atoms with van der Waals surface area (Å²) in [5.74, 6) is 0.0657. The van der Waals surface area contributed by atoms with E-state index in [0.717, 1.165) is 4.88 Å². The van der Waals surface area contributed by atoms with Crippen LogP contribution in [0.15, 0.2) is 45.2 Å². The lowest BCUT2D eigenvalue weighted by Crippen LogP contribution is -2.24. The summed E-state index contributed by atoms with van der Waals surface area (Å²) in [5.41, 5.74) is 3.31. The molecular formula is C19H18N2O5S. The summed E-state index contributed by atoms with van der Waals surface area (Å²) < 4.78 is 16.1. The Labute approximate surface area is 159 Å². The zero-order valence-corrected chi connectivity index (χ0v) is 15.7. The number of aryl methyl sites for hydroxylation is 1. The second-order valence-corrected chi connectivity index (χ2v) is 6.49. The van der Waals surface area contributed by atoms with Crippen molar-refractivity contribution in [1.82, 2.24) is 5.43 Å². The standard InChI is InChI=1S/C19H18N2O5S/c1-3-24-19(23)18-12(2)26-16-7-6-13(9-15(16)18)25-11-17(22)21-20-10-14-5-4-8-27-14/h4-10H,3,11H2,1-2H3,(H,21,22)/b20-10+. The highest BCUT2D eigenvalue weighted by Crippen LogP contribution is 2.29. The summed E-state index contributed by atoms with van der Waals surface area (Å²) >= 11 is 1.52. The van der Waals surface area contributed by atoms with E-state index in [-0.39, 0.29) is 13.2 Å². The fourth-order valence-corrected chi connectivity index (χ4v) is 3.04. The number of hydrogen-bond acceptors (Lipinski definition) is 7. The summed E-state index contributed by atoms with van der Waals surface area (Å²) in [6, 6.07) is 8.80. The Morgan fingerprint density at radius 2 is 2.19 bits per heavy atom. The maximum atomic E-state index is 12.1. The normalized spacial score (nSPS) is 11.0. The molecule has 0 saturated heterocycles. The first-order chi connectivity index (χ1) is 13.1. The molecule has 2 aromatic heterocycles. The molecule has 1 amide bonds. The SMILES string of the molecule is CCOC(=O)c1c(C)oc2ccc(OCC(=O)N/N=C/c3cccs3)cc12. The Morgan fingerprint density at radius 1 is 1.33 bits per heavy atom. The smallest absolute Gasteiger partial charge is 0.342 e. The van der Waals surface area contributed by atoms with E-state index in [2.05, 4.69) is 10.5 Å². The van der Waals surface area contributed by atoms with Crippen molar-refractivity contribution in [2.24, 2.45) is 5.10 Å². The molecule has 0 spiro atoms. The number of amides is 1. The highest BCUT2D eigenvalue weighted by Gasteiger charge is 2.20. The molecule has 0 atom stereocenters. The predicted octanol–water partition coefficient (Wildman–Crippen LogP) is 3.51. The van der Waals surface area contributed by atoms with Gasteiger partial charge in [0.1, 0.15) is 22.7 Å². The van der Waals surface area contributed by atoms with Gasteiger partial charge >= 0.3 is 5.97 Å². The molecule has 140 valence electrons. The van der Waals surface area contributed by atoms with E-state index >= 15 is 0 Å². The largest absolute Gasteiger partial charge is 0.484 e. The molecule has 0 fully saturated rings. The summed E-state index contributed by atoms with van der Waals surface area (Å²) in [7, 11) is 0. The first-order valence-corrected chi connectivity index (χ1v) is 9.15. The third kappa shape index (κ3) is 4.53. The second-order valence-electron chi connectivity index (χ2n) is 5.51. The lowest BCUT2D eigenvalue weighted by Gasteiger charge is -2.05. The van der Waals surface area contributed by atoms with E-state index < -0.39 is 11.9 Å². The highest BCUT2D eigenvalue weighted by atomic mass is 32.1. The summed E-state index contributed by atoms with van der Waals surface area (Å²) in [6.07, 6.45) is 1.56. The Hall–Kier alpha value is -3.13. The van der Waals surface area contributed by atoms with Gasteiger partial charge in [-0.15, -0.1) is 11.3 Å². The lowest BCUT2D eigenvalue weighted by molar-refractivity contribution is -0.123. The number of nitrogens with zero attached hydrogens (tertiary/aromatic N) is 1. The van der Waals surface area contributed by atoms with Crippen molar-refractivity contribution >= 4 is 40.4 Å². The molecule has 0 bridgehead atoms. The van der Waals surface area contributed by atoms with Crippen molar-refractivity contribution in [2.45, 2.75) is 13.8 Å². The molecule has 2 heterocycles. The molecule has 0 saturated carbocycles. The van der Waals surface area contributed by atoms with E-state index in [1.54, 1.807) is 38.3 Å². The molecule has 3 aromatic rings. The number of hydrazone groups is 1. The number of carbonyl (C=O) groups excluding carboxylic acids is 2. The quantitative estimate of drug-likeness (QED) is 0.381. The van der Waals surface area contributed by atoms with Crippen LogP contribution in [0.2, 0.25) is 0 Å². The van der Waals surface area contributed by atoms with Gasteiger partial charge in [-0.1, -0.05) is 6.07 Å². The van der Waals surface area contributed by atoms with Crippen LogP contribution in [0.1, 0.15) is 27.9 Å². The number of nitrogens with one attached hydrogen (secondary N) is 1. The van der Waals surface area contributed by atoms with Crippen molar-refractivity contribution < 1.29 is 23.5 Å². The minimum Gasteiger partial charge on any atom is -0.484 e. The van der Waals surface area contributed by atoms with Gasteiger partial charge in [-0.3, -0.25) is 4.79 Å². The van der Waals surface area contributed by atoms with Gasteiger partial charge in [0.15, 0.2) is 6.61 Å². The van der Waals surface area contributed by atoms with E-state index in [0.29, 0.717) is 28.0 Å². The molecule has 0 aliphatic rings. The van der Waals surface area contributed by atoms with Crippen LogP contribution < -0.4 is 10.2 Å². The van der Waals surface area contributed by atoms with Crippen molar-refractivity contribution in [3.63, 3.8) is 0 Å². The zero-order valence-electron chi connectivity index (χ0n) is 14.9. The number of rotatable bonds is 7. The number of ether oxygens (including phenoxy) is 2. The number of fused-ring (bicyclic) bond motifs is 1. The summed E-state index contributed by atoms with van der Waals surface area (Å²) in [6.45, 7) is 3.50. The number of thiophene rings is 1. The maximum Gasteiger partial charge on any atom is 0.342 e. The van der Waals surface area contributed by atoms with E-state index in [1.807, 2.05) is 17.5 Å². The average molecular weight is 386 g/mol. The van der Waals surface area contributed by atoms with Crippen LogP contribution in [0.5, 0.6) is 5.75 Å². The van der Waals surface area contributed by atoms with Crippen molar-refractivity contribution in [2.75, 3.05) is 13.2 Å². The fraction of sp³-hybridized carbons (Fsp3) is 0.211. The number of benzene rings is 1. The van der Waals surface area contributed by atoms with Crippen molar-refractivity contribution in [3.8, 4) is 5.75 Å². The summed E-state index contributed by atoms with van der Waals surface area (Å²) in [4.78, 5) is 24.9. The second kappa shape index (κ2) is 8.50. The Morgan fingerprint density at radius 3 is 2.93 bits per heavy atom. The first kappa shape index (κ1) is 18.7. The minimum atomic E-state index is -0.452. The highest BCUT2D eigenvalue weighted by molar-refractivity contribution is 7.11. The number of furan rings is 1. The molecular weight excluding hydrogens is 368 g/mol. The molecule has 0 aliphatic heterocycles. The number of esters is 1. The molecule has 0 radical (unpaired) electrons. The molecule has 0 aliphatic carbocycles. The van der Waals surface area contributed by atoms with Crippen LogP contribution in [0.25, 0.3) is 11.0 Å². The third-order valence-corrected chi connectivity index (χ3v) is 4.42. The Bertz CT molecular complexity index is 976. The summed E-state index contributed by atoms with van der Waals surface area (Å²) in [5, 5.41) is 6.37. The first-order valence-electron chi connectivity index (χ1n) is 8.27. The van der Waals surface area contributed by atoms with Gasteiger partial charge in [0.05, 0.1) is 12.8 Å². The Kier molecular flexibility index (Phi) is 5.87. The van der Waals surface area contributed by atoms with Gasteiger partial charge in [0.2, 0.25) is 0 Å². The zero-order chi connectivity index (χ0) is 19.2. The molecule has 1 N–H and O–H groups in total. The van der Waals surface area contributed by atoms with Gasteiger partial charge in [-0.2, -0.15) is 5.10 Å². The van der Waals surface area contributed by atoms with Crippen LogP contribution in [0, 0.1) is 6.92 Å². The average Bonchev–Trinajstić information content (AvgIpc) is 3.26. The Balaban J connectivity index is 1.65. The van der Waals surface area contributed by atoms with Crippen LogP contribution in [0.4, 0.5) is 0 Å². The van der Waals surface area contributed by atoms with Gasteiger partial charge in [-0.25, -0.2) is 10.2 Å². The number of carbonyl (C=O) groups is 2. The monoisotopic (exact) mass is 386 g/mol. The predicted molar refractivity (Wildman–Crippen MR) is 102 cm³/mol. The van der Waals surface area contributed by atoms with Gasteiger partial charge in [0.25, 0.3) is 5.91 Å². The fourth-order valence-electron chi connectivity index (χ4n) is 2.46. The van der Waals surface area contributed by atoms with E-state index in [4.69, 9.17) is 13.9 Å². The lowest BCUT2D eigenvalue weighted by atomic mass is 10.1. The number of hydrogen-bond donors (Lipinski definition) is 1. The van der Waals surface area contributed by atoms with Crippen LogP contribution in [0.3, 0.4) is 0 Å². The van der Waals surface area contributed by atoms with Crippen molar-refractivity contribution in [1.29, 1.82) is 0 Å². The third-order valence-electron chi connectivity index (χ3n) is 3.61. The van der Waals surface area contributed by atoms with Crippen LogP contribution in [-0.4, -0.2) is 31.3 Å². The molecule has 1 aromatic carbocycles. The van der Waals surface area contributed by atoms with Gasteiger partial charge in [-0.05, 0) is 43.5 Å². The molecule has 0 unspecified atom stereocenters. The van der Waals surface area contributed by atoms with E-state index in [1.165, 1.54) is 11.3 Å². The molecule has 8 heteroatoms. The maximum absolute atomic E-state index is 12.1. The van der Waals surface area contributed by atoms with Gasteiger partial charge < -0.3 is 13.9 Å². The van der Waals surface area contributed by atoms with Crippen LogP contribution >= 0.6 is 11.3 Å². The van der Waals surface area contributed by atoms with Crippen molar-refractivity contribution in [3.05, 3.63) is 51.9 Å². The molecule has 27 heavy (non-hydrogen) atoms. The van der Waals surface area contributed by atoms with Crippen LogP contribution in [-0.2, 0) is 9.53 Å². The molecule has 3 rings (SSSR count). The topological polar surface area (TPSA) is 90.1 Å².